The van der Waals surface area contributed by atoms with E-state index in [0.29, 0.717) is 0 Å². The van der Waals surface area contributed by atoms with Crippen molar-refractivity contribution in [1.82, 2.24) is 0 Å². The molecule has 0 aromatic carbocycles. The van der Waals surface area contributed by atoms with E-state index >= 15 is 0 Å². The maximum Gasteiger partial charge on any atom is 0.00886 e. The number of hydrogen-bond acceptors (Lipinski definition) is 0. The fraction of sp³-hybridized carbons (Fsp3) is 0.833. The lowest BCUT2D eigenvalue weighted by Gasteiger charge is -1.97. The zero-order chi connectivity index (χ0) is 9.23. The van der Waals surface area contributed by atoms with Gasteiger partial charge in [-0.3, -0.25) is 0 Å². The van der Waals surface area contributed by atoms with Crippen LogP contribution in [0.15, 0.2) is 0 Å². The first-order valence-electron chi connectivity index (χ1n) is 5.19. The van der Waals surface area contributed by atoms with Gasteiger partial charge in [-0.25, -0.2) is 0 Å². The molecule has 0 heterocycles. The Balaban J connectivity index is 0.000000261. The van der Waals surface area contributed by atoms with Gasteiger partial charge in [0, 0.05) is 12.8 Å². The molecule has 12 heavy (non-hydrogen) atoms. The predicted octanol–water partition coefficient (Wildman–Crippen LogP) is 4.01. The summed E-state index contributed by atoms with van der Waals surface area (Å²) < 4.78 is 0. The van der Waals surface area contributed by atoms with Crippen molar-refractivity contribution in [2.24, 2.45) is 5.92 Å². The lowest BCUT2D eigenvalue weighted by molar-refractivity contribution is 0.652. The van der Waals surface area contributed by atoms with E-state index in [9.17, 15) is 0 Å². The Bertz CT molecular complexity index is 119. The predicted molar refractivity (Wildman–Crippen MR) is 56.0 cm³/mol. The summed E-state index contributed by atoms with van der Waals surface area (Å²) in [5, 5.41) is 0. The van der Waals surface area contributed by atoms with Crippen molar-refractivity contribution in [1.29, 1.82) is 0 Å². The van der Waals surface area contributed by atoms with Crippen molar-refractivity contribution in [3.05, 3.63) is 0 Å². The molecule has 0 aliphatic heterocycles. The molecule has 0 bridgehead atoms. The molecule has 0 spiro atoms. The van der Waals surface area contributed by atoms with E-state index < -0.39 is 0 Å². The third kappa shape index (κ3) is 12.3. The number of hydrogen-bond donors (Lipinski definition) is 0. The van der Waals surface area contributed by atoms with Crippen LogP contribution in [0.25, 0.3) is 0 Å². The third-order valence-electron chi connectivity index (χ3n) is 1.48. The van der Waals surface area contributed by atoms with Gasteiger partial charge in [0.25, 0.3) is 0 Å². The first-order valence-corrected chi connectivity index (χ1v) is 5.19. The Morgan fingerprint density at radius 3 is 1.42 bits per heavy atom. The average molecular weight is 166 g/mol. The summed E-state index contributed by atoms with van der Waals surface area (Å²) in [4.78, 5) is 0. The quantitative estimate of drug-likeness (QED) is 0.477. The second-order valence-electron chi connectivity index (χ2n) is 4.00. The molecule has 1 aliphatic rings. The normalized spacial score (nSPS) is 16.3. The molecule has 0 fully saturated rings. The largest absolute Gasteiger partial charge is 0.103 e. The molecule has 0 saturated heterocycles. The van der Waals surface area contributed by atoms with E-state index in [1.807, 2.05) is 0 Å². The summed E-state index contributed by atoms with van der Waals surface area (Å²) in [5.74, 6) is 7.11. The number of rotatable bonds is 0. The lowest BCUT2D eigenvalue weighted by Crippen LogP contribution is -1.80. The Morgan fingerprint density at radius 2 is 1.08 bits per heavy atom. The first-order chi connectivity index (χ1) is 5.73. The molecule has 0 amide bonds. The van der Waals surface area contributed by atoms with Crippen LogP contribution in [-0.4, -0.2) is 0 Å². The molecule has 70 valence electrons. The Hall–Kier alpha value is -0.440. The lowest BCUT2D eigenvalue weighted by atomic mass is 10.1. The molecule has 0 aromatic heterocycles. The summed E-state index contributed by atoms with van der Waals surface area (Å²) in [7, 11) is 0. The van der Waals surface area contributed by atoms with Crippen molar-refractivity contribution in [3.63, 3.8) is 0 Å². The van der Waals surface area contributed by atoms with Crippen LogP contribution >= 0.6 is 0 Å². The van der Waals surface area contributed by atoms with Gasteiger partial charge >= 0.3 is 0 Å². The van der Waals surface area contributed by atoms with Gasteiger partial charge in [-0.1, -0.05) is 33.6 Å². The molecule has 1 aliphatic carbocycles. The van der Waals surface area contributed by atoms with Crippen LogP contribution < -0.4 is 0 Å². The molecule has 0 aromatic rings. The van der Waals surface area contributed by atoms with Crippen molar-refractivity contribution >= 4 is 0 Å². The minimum absolute atomic E-state index is 0.833. The minimum atomic E-state index is 0.833. The minimum Gasteiger partial charge on any atom is -0.103 e. The summed E-state index contributed by atoms with van der Waals surface area (Å²) in [6, 6.07) is 0. The van der Waals surface area contributed by atoms with Gasteiger partial charge in [0.1, 0.15) is 0 Å². The molecule has 0 heteroatoms. The highest BCUT2D eigenvalue weighted by atomic mass is 13.9. The molecular weight excluding hydrogens is 144 g/mol. The van der Waals surface area contributed by atoms with E-state index in [1.54, 1.807) is 0 Å². The van der Waals surface area contributed by atoms with E-state index in [0.717, 1.165) is 18.8 Å². The highest BCUT2D eigenvalue weighted by molar-refractivity contribution is 4.99. The van der Waals surface area contributed by atoms with Crippen molar-refractivity contribution in [3.8, 4) is 11.8 Å². The van der Waals surface area contributed by atoms with Gasteiger partial charge in [-0.05, 0) is 18.8 Å². The van der Waals surface area contributed by atoms with Gasteiger partial charge in [0.2, 0.25) is 0 Å². The topological polar surface area (TPSA) is 0 Å². The molecule has 0 unspecified atom stereocenters. The molecule has 0 atom stereocenters. The zero-order valence-electron chi connectivity index (χ0n) is 8.82. The van der Waals surface area contributed by atoms with E-state index in [-0.39, 0.29) is 0 Å². The van der Waals surface area contributed by atoms with Gasteiger partial charge in [0.15, 0.2) is 0 Å². The van der Waals surface area contributed by atoms with Gasteiger partial charge in [-0.2, -0.15) is 0 Å². The van der Waals surface area contributed by atoms with Crippen LogP contribution in [0.3, 0.4) is 0 Å². The standard InChI is InChI=1S/C8H12.C4H10/c1-2-4-6-8-7-5-3-1;1-4(2)3/h1-6H2;4H,1-3H3. The SMILES string of the molecule is C1#CCCCCCC1.CC(C)C. The molecular formula is C12H22. The summed E-state index contributed by atoms with van der Waals surface area (Å²) in [5.41, 5.74) is 0. The molecule has 0 N–H and O–H groups in total. The van der Waals surface area contributed by atoms with Gasteiger partial charge in [-0.15, -0.1) is 11.8 Å². The van der Waals surface area contributed by atoms with Crippen molar-refractivity contribution in [2.75, 3.05) is 0 Å². The second-order valence-corrected chi connectivity index (χ2v) is 4.00. The smallest absolute Gasteiger partial charge is 0.00886 e. The highest BCUT2D eigenvalue weighted by Crippen LogP contribution is 2.06. The van der Waals surface area contributed by atoms with Crippen LogP contribution in [0, 0.1) is 17.8 Å². The maximum absolute atomic E-state index is 3.14. The van der Waals surface area contributed by atoms with E-state index in [2.05, 4.69) is 32.6 Å². The van der Waals surface area contributed by atoms with Crippen LogP contribution in [-0.2, 0) is 0 Å². The highest BCUT2D eigenvalue weighted by Gasteiger charge is 1.89. The van der Waals surface area contributed by atoms with Crippen LogP contribution in [0.5, 0.6) is 0 Å². The van der Waals surface area contributed by atoms with Crippen molar-refractivity contribution in [2.45, 2.75) is 59.3 Å². The molecule has 1 rings (SSSR count). The Kier molecular flexibility index (Phi) is 8.34. The fourth-order valence-corrected chi connectivity index (χ4v) is 0.957. The van der Waals surface area contributed by atoms with Crippen LogP contribution in [0.1, 0.15) is 59.3 Å². The fourth-order valence-electron chi connectivity index (χ4n) is 0.957. The summed E-state index contributed by atoms with van der Waals surface area (Å²) in [6.07, 6.45) is 7.73. The molecule has 0 nitrogen and oxygen atoms in total. The summed E-state index contributed by atoms with van der Waals surface area (Å²) in [6.45, 7) is 6.50. The monoisotopic (exact) mass is 166 g/mol. The van der Waals surface area contributed by atoms with E-state index in [4.69, 9.17) is 0 Å². The van der Waals surface area contributed by atoms with Crippen LogP contribution in [0.2, 0.25) is 0 Å². The molecule has 0 radical (unpaired) electrons. The average Bonchev–Trinajstić information content (AvgIpc) is 1.82. The maximum atomic E-state index is 3.14. The first kappa shape index (κ1) is 11.6. The Labute approximate surface area is 77.8 Å². The van der Waals surface area contributed by atoms with Crippen LogP contribution in [0.4, 0.5) is 0 Å². The Morgan fingerprint density at radius 1 is 0.750 bits per heavy atom. The second kappa shape index (κ2) is 8.65. The van der Waals surface area contributed by atoms with E-state index in [1.165, 1.54) is 25.7 Å². The van der Waals surface area contributed by atoms with Gasteiger partial charge < -0.3 is 0 Å². The summed E-state index contributed by atoms with van der Waals surface area (Å²) >= 11 is 0. The third-order valence-corrected chi connectivity index (χ3v) is 1.48. The zero-order valence-corrected chi connectivity index (χ0v) is 8.82. The van der Waals surface area contributed by atoms with Gasteiger partial charge in [0.05, 0.1) is 0 Å². The van der Waals surface area contributed by atoms with Crippen molar-refractivity contribution < 1.29 is 0 Å². The molecule has 0 saturated carbocycles.